The Kier molecular flexibility index (Phi) is 13.8. The average Bonchev–Trinajstić information content (AvgIpc) is 2.97. The summed E-state index contributed by atoms with van der Waals surface area (Å²) in [6.45, 7) is 8.82. The van der Waals surface area contributed by atoms with Gasteiger partial charge in [-0.05, 0) is 98.6 Å². The Morgan fingerprint density at radius 3 is 1.35 bits per heavy atom. The molecule has 40 heavy (non-hydrogen) atoms. The van der Waals surface area contributed by atoms with Crippen molar-refractivity contribution in [2.45, 2.75) is 143 Å². The van der Waals surface area contributed by atoms with Gasteiger partial charge in [-0.15, -0.1) is 0 Å². The zero-order valence-electron chi connectivity index (χ0n) is 25.7. The van der Waals surface area contributed by atoms with Gasteiger partial charge in [0.15, 0.2) is 0 Å². The van der Waals surface area contributed by atoms with Crippen molar-refractivity contribution in [2.75, 3.05) is 0 Å². The first-order valence-corrected chi connectivity index (χ1v) is 16.3. The van der Waals surface area contributed by atoms with Crippen molar-refractivity contribution >= 4 is 12.4 Å². The Morgan fingerprint density at radius 1 is 0.600 bits per heavy atom. The topological polar surface area (TPSA) is 65.2 Å². The number of phenols is 2. The van der Waals surface area contributed by atoms with Crippen LogP contribution in [0.2, 0.25) is 0 Å². The molecule has 1 aliphatic rings. The van der Waals surface area contributed by atoms with E-state index in [1.165, 1.54) is 11.1 Å². The van der Waals surface area contributed by atoms with Crippen LogP contribution in [-0.4, -0.2) is 34.7 Å². The summed E-state index contributed by atoms with van der Waals surface area (Å²) in [7, 11) is 0. The van der Waals surface area contributed by atoms with E-state index in [2.05, 4.69) is 52.0 Å². The molecule has 2 aromatic carbocycles. The van der Waals surface area contributed by atoms with Crippen molar-refractivity contribution in [3.63, 3.8) is 0 Å². The second-order valence-corrected chi connectivity index (χ2v) is 11.8. The van der Waals surface area contributed by atoms with Crippen LogP contribution < -0.4 is 0 Å². The molecule has 2 atom stereocenters. The monoisotopic (exact) mass is 546 g/mol. The SMILES string of the molecule is CCCCc1cc(/C=N/[C@H]2CCCC[C@@H]2/N=C/c2cc(CCCC)cc(CCCC)c2O)c(O)c(CCCC)c1. The zero-order valence-corrected chi connectivity index (χ0v) is 25.7. The van der Waals surface area contributed by atoms with Crippen LogP contribution in [0.3, 0.4) is 0 Å². The van der Waals surface area contributed by atoms with Crippen LogP contribution in [0.4, 0.5) is 0 Å². The maximum absolute atomic E-state index is 11.1. The predicted molar refractivity (Wildman–Crippen MR) is 172 cm³/mol. The predicted octanol–water partition coefficient (Wildman–Crippen LogP) is 9.32. The molecule has 0 saturated heterocycles. The molecule has 0 aromatic heterocycles. The fourth-order valence-corrected chi connectivity index (χ4v) is 5.73. The summed E-state index contributed by atoms with van der Waals surface area (Å²) in [5.74, 6) is 0.781. The summed E-state index contributed by atoms with van der Waals surface area (Å²) in [5, 5.41) is 22.1. The van der Waals surface area contributed by atoms with Gasteiger partial charge in [-0.1, -0.05) is 78.4 Å². The Balaban J connectivity index is 1.85. The molecule has 0 aliphatic heterocycles. The van der Waals surface area contributed by atoms with Gasteiger partial charge in [-0.2, -0.15) is 0 Å². The van der Waals surface area contributed by atoms with Crippen LogP contribution in [0, 0.1) is 0 Å². The molecule has 2 aromatic rings. The van der Waals surface area contributed by atoms with Gasteiger partial charge in [0.1, 0.15) is 11.5 Å². The minimum absolute atomic E-state index is 0.0905. The van der Waals surface area contributed by atoms with E-state index in [1.807, 2.05) is 12.4 Å². The Hall–Kier alpha value is -2.62. The molecule has 4 nitrogen and oxygen atoms in total. The van der Waals surface area contributed by atoms with Crippen molar-refractivity contribution in [3.8, 4) is 11.5 Å². The number of aromatic hydroxyl groups is 2. The van der Waals surface area contributed by atoms with Gasteiger partial charge in [0.2, 0.25) is 0 Å². The van der Waals surface area contributed by atoms with E-state index < -0.39 is 0 Å². The lowest BCUT2D eigenvalue weighted by Crippen LogP contribution is -2.27. The third-order valence-corrected chi connectivity index (χ3v) is 8.30. The molecule has 1 aliphatic carbocycles. The molecular formula is C36H54N2O2. The van der Waals surface area contributed by atoms with E-state index in [0.717, 1.165) is 125 Å². The first-order chi connectivity index (χ1) is 19.5. The first kappa shape index (κ1) is 31.9. The molecule has 0 amide bonds. The maximum atomic E-state index is 11.1. The molecule has 0 radical (unpaired) electrons. The van der Waals surface area contributed by atoms with Crippen molar-refractivity contribution < 1.29 is 10.2 Å². The van der Waals surface area contributed by atoms with E-state index in [9.17, 15) is 10.2 Å². The van der Waals surface area contributed by atoms with E-state index in [1.54, 1.807) is 0 Å². The summed E-state index contributed by atoms with van der Waals surface area (Å²) in [6, 6.07) is 8.83. The fourth-order valence-electron chi connectivity index (χ4n) is 5.73. The highest BCUT2D eigenvalue weighted by Crippen LogP contribution is 2.30. The number of phenolic OH excluding ortho intramolecular Hbond substituents is 2. The van der Waals surface area contributed by atoms with Crippen LogP contribution in [0.15, 0.2) is 34.3 Å². The Morgan fingerprint density at radius 2 is 0.975 bits per heavy atom. The van der Waals surface area contributed by atoms with Gasteiger partial charge in [0, 0.05) is 23.6 Å². The van der Waals surface area contributed by atoms with Crippen LogP contribution in [0.25, 0.3) is 0 Å². The van der Waals surface area contributed by atoms with Gasteiger partial charge < -0.3 is 10.2 Å². The molecule has 0 bridgehead atoms. The van der Waals surface area contributed by atoms with E-state index >= 15 is 0 Å². The minimum atomic E-state index is 0.0905. The second-order valence-electron chi connectivity index (χ2n) is 11.8. The number of benzene rings is 2. The first-order valence-electron chi connectivity index (χ1n) is 16.3. The lowest BCUT2D eigenvalue weighted by Gasteiger charge is -2.25. The molecule has 4 heteroatoms. The van der Waals surface area contributed by atoms with Gasteiger partial charge in [0.05, 0.1) is 12.1 Å². The van der Waals surface area contributed by atoms with Crippen LogP contribution in [0.1, 0.15) is 138 Å². The third kappa shape index (κ3) is 9.49. The number of nitrogens with zero attached hydrogens (tertiary/aromatic N) is 2. The number of unbranched alkanes of at least 4 members (excludes halogenated alkanes) is 4. The largest absolute Gasteiger partial charge is 0.507 e. The Bertz CT molecular complexity index is 1020. The highest BCUT2D eigenvalue weighted by Gasteiger charge is 2.24. The number of rotatable bonds is 16. The summed E-state index contributed by atoms with van der Waals surface area (Å²) < 4.78 is 0. The van der Waals surface area contributed by atoms with E-state index in [-0.39, 0.29) is 12.1 Å². The molecule has 1 saturated carbocycles. The summed E-state index contributed by atoms with van der Waals surface area (Å²) in [4.78, 5) is 10.1. The quantitative estimate of drug-likeness (QED) is 0.206. The van der Waals surface area contributed by atoms with Gasteiger partial charge in [-0.3, -0.25) is 9.98 Å². The van der Waals surface area contributed by atoms with Crippen LogP contribution in [-0.2, 0) is 25.7 Å². The number of aliphatic imine (C=N–C) groups is 2. The molecule has 3 rings (SSSR count). The average molecular weight is 547 g/mol. The highest BCUT2D eigenvalue weighted by molar-refractivity contribution is 5.85. The second kappa shape index (κ2) is 17.3. The molecule has 220 valence electrons. The molecular weight excluding hydrogens is 492 g/mol. The fraction of sp³-hybridized carbons (Fsp3) is 0.611. The lowest BCUT2D eigenvalue weighted by atomic mass is 9.91. The van der Waals surface area contributed by atoms with Gasteiger partial charge in [-0.25, -0.2) is 0 Å². The normalized spacial score (nSPS) is 17.8. The van der Waals surface area contributed by atoms with E-state index in [4.69, 9.17) is 9.98 Å². The van der Waals surface area contributed by atoms with Crippen LogP contribution >= 0.6 is 0 Å². The van der Waals surface area contributed by atoms with Gasteiger partial charge in [0.25, 0.3) is 0 Å². The third-order valence-electron chi connectivity index (χ3n) is 8.30. The van der Waals surface area contributed by atoms with Crippen molar-refractivity contribution in [1.82, 2.24) is 0 Å². The molecule has 0 heterocycles. The van der Waals surface area contributed by atoms with Crippen LogP contribution in [0.5, 0.6) is 11.5 Å². The van der Waals surface area contributed by atoms with Crippen molar-refractivity contribution in [3.05, 3.63) is 57.6 Å². The smallest absolute Gasteiger partial charge is 0.127 e. The van der Waals surface area contributed by atoms with E-state index in [0.29, 0.717) is 11.5 Å². The van der Waals surface area contributed by atoms with Crippen molar-refractivity contribution in [2.24, 2.45) is 9.98 Å². The number of hydrogen-bond acceptors (Lipinski definition) is 4. The molecule has 2 N–H and O–H groups in total. The maximum Gasteiger partial charge on any atom is 0.127 e. The zero-order chi connectivity index (χ0) is 28.7. The lowest BCUT2D eigenvalue weighted by molar-refractivity contribution is 0.390. The number of aryl methyl sites for hydroxylation is 4. The Labute approximate surface area is 244 Å². The highest BCUT2D eigenvalue weighted by atomic mass is 16.3. The molecule has 0 spiro atoms. The summed E-state index contributed by atoms with van der Waals surface area (Å²) in [5.41, 5.74) is 6.37. The summed E-state index contributed by atoms with van der Waals surface area (Å²) in [6.07, 6.45) is 21.0. The minimum Gasteiger partial charge on any atom is -0.507 e. The molecule has 1 fully saturated rings. The van der Waals surface area contributed by atoms with Crippen molar-refractivity contribution in [1.29, 1.82) is 0 Å². The standard InChI is InChI=1S/C36H54N2O2/c1-5-9-15-27-21-29(17-11-7-3)35(39)31(23-27)25-37-33-19-13-14-20-34(33)38-26-32-24-28(16-10-6-2)22-30(36(32)40)18-12-8-4/h21-26,33-34,39-40H,5-20H2,1-4H3/b37-25+,38-26+/t33-,34-/m0/s1. The summed E-state index contributed by atoms with van der Waals surface area (Å²) >= 11 is 0. The number of hydrogen-bond donors (Lipinski definition) is 2. The van der Waals surface area contributed by atoms with Gasteiger partial charge >= 0.3 is 0 Å². The molecule has 0 unspecified atom stereocenters.